The molecule has 0 fully saturated rings. The molecular weight excluding hydrogens is 340 g/mol. The maximum absolute atomic E-state index is 12.4. The summed E-state index contributed by atoms with van der Waals surface area (Å²) in [5.74, 6) is 0.234. The number of furan rings is 1. The van der Waals surface area contributed by atoms with Gasteiger partial charge >= 0.3 is 0 Å². The highest BCUT2D eigenvalue weighted by atomic mass is 32.2. The van der Waals surface area contributed by atoms with Gasteiger partial charge in [-0.25, -0.2) is 8.42 Å². The number of para-hydroxylation sites is 1. The third-order valence-electron chi connectivity index (χ3n) is 3.94. The van der Waals surface area contributed by atoms with Crippen molar-refractivity contribution < 1.29 is 17.6 Å². The number of carbonyl (C=O) groups excluding carboxylic acids is 1. The Hall–Kier alpha value is -2.28. The summed E-state index contributed by atoms with van der Waals surface area (Å²) in [6.45, 7) is 3.90. The predicted octanol–water partition coefficient (Wildman–Crippen LogP) is 2.49. The minimum Gasteiger partial charge on any atom is -0.467 e. The second-order valence-electron chi connectivity index (χ2n) is 5.76. The van der Waals surface area contributed by atoms with Crippen molar-refractivity contribution in [3.05, 3.63) is 53.5 Å². The van der Waals surface area contributed by atoms with E-state index in [9.17, 15) is 13.2 Å². The smallest absolute Gasteiger partial charge is 0.241 e. The number of carbonyl (C=O) groups is 1. The molecule has 0 radical (unpaired) electrons. The number of rotatable bonds is 8. The number of nitrogens with zero attached hydrogens (tertiary/aromatic N) is 1. The molecule has 1 N–H and O–H groups in total. The average molecular weight is 364 g/mol. The topological polar surface area (TPSA) is 79.6 Å². The molecular formula is C18H24N2O4S. The largest absolute Gasteiger partial charge is 0.467 e. The monoisotopic (exact) mass is 364 g/mol. The van der Waals surface area contributed by atoms with Crippen LogP contribution >= 0.6 is 0 Å². The lowest BCUT2D eigenvalue weighted by Gasteiger charge is -2.26. The van der Waals surface area contributed by atoms with Crippen molar-refractivity contribution in [3.63, 3.8) is 0 Å². The molecule has 2 rings (SSSR count). The van der Waals surface area contributed by atoms with Crippen LogP contribution in [0.5, 0.6) is 0 Å². The first kappa shape index (κ1) is 19.1. The Bertz CT molecular complexity index is 791. The summed E-state index contributed by atoms with van der Waals surface area (Å²) < 4.78 is 31.1. The van der Waals surface area contributed by atoms with Crippen molar-refractivity contribution >= 4 is 21.6 Å². The summed E-state index contributed by atoms with van der Waals surface area (Å²) in [5.41, 5.74) is 2.43. The van der Waals surface area contributed by atoms with Crippen LogP contribution in [-0.4, -0.2) is 27.1 Å². The molecule has 1 aromatic carbocycles. The normalized spacial score (nSPS) is 11.3. The van der Waals surface area contributed by atoms with Crippen LogP contribution in [0.1, 0.15) is 30.7 Å². The van der Waals surface area contributed by atoms with Crippen LogP contribution in [0.3, 0.4) is 0 Å². The molecule has 1 aromatic heterocycles. The molecule has 0 saturated heterocycles. The lowest BCUT2D eigenvalue weighted by Crippen LogP contribution is -2.41. The van der Waals surface area contributed by atoms with Crippen molar-refractivity contribution in [2.45, 2.75) is 33.2 Å². The van der Waals surface area contributed by atoms with E-state index in [1.165, 1.54) is 10.6 Å². The summed E-state index contributed by atoms with van der Waals surface area (Å²) in [7, 11) is -3.60. The third-order valence-corrected chi connectivity index (χ3v) is 5.05. The number of aryl methyl sites for hydroxylation is 2. The Labute approximate surface area is 148 Å². The van der Waals surface area contributed by atoms with Crippen LogP contribution in [0.4, 0.5) is 5.69 Å². The lowest BCUT2D eigenvalue weighted by atomic mass is 10.0. The van der Waals surface area contributed by atoms with Gasteiger partial charge in [-0.1, -0.05) is 32.0 Å². The van der Waals surface area contributed by atoms with Gasteiger partial charge in [0, 0.05) is 0 Å². The molecule has 25 heavy (non-hydrogen) atoms. The highest BCUT2D eigenvalue weighted by molar-refractivity contribution is 7.92. The Morgan fingerprint density at radius 2 is 1.76 bits per heavy atom. The molecule has 2 aromatic rings. The first-order chi connectivity index (χ1) is 11.9. The number of sulfonamides is 1. The van der Waals surface area contributed by atoms with Gasteiger partial charge in [-0.15, -0.1) is 0 Å². The highest BCUT2D eigenvalue weighted by Crippen LogP contribution is 2.28. The number of hydrogen-bond acceptors (Lipinski definition) is 4. The molecule has 0 atom stereocenters. The molecule has 0 bridgehead atoms. The minimum atomic E-state index is -3.60. The van der Waals surface area contributed by atoms with E-state index in [2.05, 4.69) is 5.32 Å². The number of anilines is 1. The van der Waals surface area contributed by atoms with Crippen LogP contribution < -0.4 is 9.62 Å². The SMILES string of the molecule is CCc1cccc(CC)c1N(CC(=O)NCc1ccco1)S(C)(=O)=O. The average Bonchev–Trinajstić information content (AvgIpc) is 3.09. The molecule has 136 valence electrons. The molecule has 0 unspecified atom stereocenters. The van der Waals surface area contributed by atoms with Crippen molar-refractivity contribution in [2.75, 3.05) is 17.1 Å². The van der Waals surface area contributed by atoms with Crippen LogP contribution in [0.15, 0.2) is 41.0 Å². The fourth-order valence-corrected chi connectivity index (χ4v) is 3.60. The van der Waals surface area contributed by atoms with Crippen molar-refractivity contribution in [3.8, 4) is 0 Å². The first-order valence-corrected chi connectivity index (χ1v) is 10.1. The van der Waals surface area contributed by atoms with Crippen LogP contribution in [0.25, 0.3) is 0 Å². The molecule has 0 spiro atoms. The van der Waals surface area contributed by atoms with E-state index in [1.807, 2.05) is 32.0 Å². The molecule has 0 aliphatic heterocycles. The maximum Gasteiger partial charge on any atom is 0.241 e. The Balaban J connectivity index is 2.27. The number of nitrogens with one attached hydrogen (secondary N) is 1. The zero-order valence-electron chi connectivity index (χ0n) is 14.8. The number of amides is 1. The van der Waals surface area contributed by atoms with E-state index in [0.29, 0.717) is 24.3 Å². The van der Waals surface area contributed by atoms with Gasteiger partial charge in [0.2, 0.25) is 15.9 Å². The van der Waals surface area contributed by atoms with Gasteiger partial charge in [-0.3, -0.25) is 9.10 Å². The molecule has 1 heterocycles. The van der Waals surface area contributed by atoms with E-state index < -0.39 is 10.0 Å². The Kier molecular flexibility index (Phi) is 6.25. The van der Waals surface area contributed by atoms with E-state index >= 15 is 0 Å². The molecule has 1 amide bonds. The van der Waals surface area contributed by atoms with Crippen molar-refractivity contribution in [1.82, 2.24) is 5.32 Å². The van der Waals surface area contributed by atoms with Gasteiger partial charge in [-0.05, 0) is 36.1 Å². The summed E-state index contributed by atoms with van der Waals surface area (Å²) in [4.78, 5) is 12.3. The van der Waals surface area contributed by atoms with Gasteiger partial charge in [-0.2, -0.15) is 0 Å². The summed E-state index contributed by atoms with van der Waals surface area (Å²) >= 11 is 0. The van der Waals surface area contributed by atoms with Gasteiger partial charge < -0.3 is 9.73 Å². The van der Waals surface area contributed by atoms with Crippen LogP contribution in [0, 0.1) is 0 Å². The first-order valence-electron chi connectivity index (χ1n) is 8.24. The van der Waals surface area contributed by atoms with Crippen molar-refractivity contribution in [1.29, 1.82) is 0 Å². The zero-order valence-corrected chi connectivity index (χ0v) is 15.6. The lowest BCUT2D eigenvalue weighted by molar-refractivity contribution is -0.119. The van der Waals surface area contributed by atoms with Gasteiger partial charge in [0.1, 0.15) is 12.3 Å². The number of hydrogen-bond donors (Lipinski definition) is 1. The van der Waals surface area contributed by atoms with E-state index in [4.69, 9.17) is 4.42 Å². The fraction of sp³-hybridized carbons (Fsp3) is 0.389. The second-order valence-corrected chi connectivity index (χ2v) is 7.66. The quantitative estimate of drug-likeness (QED) is 0.780. The Morgan fingerprint density at radius 3 is 2.24 bits per heavy atom. The molecule has 0 aliphatic carbocycles. The highest BCUT2D eigenvalue weighted by Gasteiger charge is 2.25. The summed E-state index contributed by atoms with van der Waals surface area (Å²) in [5, 5.41) is 2.69. The summed E-state index contributed by atoms with van der Waals surface area (Å²) in [6.07, 6.45) is 4.01. The van der Waals surface area contributed by atoms with Gasteiger partial charge in [0.25, 0.3) is 0 Å². The van der Waals surface area contributed by atoms with E-state index in [-0.39, 0.29) is 19.0 Å². The summed E-state index contributed by atoms with van der Waals surface area (Å²) in [6, 6.07) is 9.19. The zero-order chi connectivity index (χ0) is 18.4. The van der Waals surface area contributed by atoms with Crippen molar-refractivity contribution in [2.24, 2.45) is 0 Å². The van der Waals surface area contributed by atoms with Crippen LogP contribution in [0.2, 0.25) is 0 Å². The maximum atomic E-state index is 12.4. The molecule has 0 saturated carbocycles. The molecule has 6 nitrogen and oxygen atoms in total. The van der Waals surface area contributed by atoms with E-state index in [1.54, 1.807) is 12.1 Å². The molecule has 0 aliphatic rings. The predicted molar refractivity (Wildman–Crippen MR) is 97.9 cm³/mol. The second kappa shape index (κ2) is 8.20. The number of benzene rings is 1. The van der Waals surface area contributed by atoms with Gasteiger partial charge in [0.15, 0.2) is 0 Å². The standard InChI is InChI=1S/C18H24N2O4S/c1-4-14-8-6-9-15(5-2)18(14)20(25(3,22)23)13-17(21)19-12-16-10-7-11-24-16/h6-11H,4-5,12-13H2,1-3H3,(H,19,21). The van der Waals surface area contributed by atoms with E-state index in [0.717, 1.165) is 17.4 Å². The van der Waals surface area contributed by atoms with Crippen LogP contribution in [-0.2, 0) is 34.2 Å². The van der Waals surface area contributed by atoms with Gasteiger partial charge in [0.05, 0.1) is 24.8 Å². The third kappa shape index (κ3) is 4.85. The Morgan fingerprint density at radius 1 is 1.12 bits per heavy atom. The minimum absolute atomic E-state index is 0.222. The molecule has 7 heteroatoms. The fourth-order valence-electron chi connectivity index (χ4n) is 2.68.